The van der Waals surface area contributed by atoms with Crippen molar-refractivity contribution in [2.75, 3.05) is 7.11 Å². The maximum Gasteiger partial charge on any atom is 0.337 e. The molecule has 0 fully saturated rings. The summed E-state index contributed by atoms with van der Waals surface area (Å²) >= 11 is 1.29. The fourth-order valence-electron chi connectivity index (χ4n) is 1.70. The average molecular weight is 278 g/mol. The second kappa shape index (κ2) is 5.97. The number of hydrogen-bond acceptors (Lipinski definition) is 5. The minimum atomic E-state index is -1.56. The molecule has 0 radical (unpaired) electrons. The minimum Gasteiger partial charge on any atom is -0.467 e. The van der Waals surface area contributed by atoms with Gasteiger partial charge in [0, 0.05) is 4.88 Å². The molecular weight excluding hydrogens is 264 g/mol. The first kappa shape index (κ1) is 13.7. The van der Waals surface area contributed by atoms with E-state index in [2.05, 4.69) is 4.74 Å². The van der Waals surface area contributed by atoms with E-state index in [9.17, 15) is 15.0 Å². The van der Waals surface area contributed by atoms with Crippen molar-refractivity contribution < 1.29 is 19.7 Å². The summed E-state index contributed by atoms with van der Waals surface area (Å²) in [5.74, 6) is -0.845. The van der Waals surface area contributed by atoms with E-state index >= 15 is 0 Å². The summed E-state index contributed by atoms with van der Waals surface area (Å²) in [5.41, 5.74) is 1.96. The van der Waals surface area contributed by atoms with Crippen molar-refractivity contribution in [3.63, 3.8) is 0 Å². The lowest BCUT2D eigenvalue weighted by atomic mass is 10.1. The van der Waals surface area contributed by atoms with Gasteiger partial charge in [-0.25, -0.2) is 4.79 Å². The predicted octanol–water partition coefficient (Wildman–Crippen LogP) is 1.98. The van der Waals surface area contributed by atoms with Gasteiger partial charge in [0.2, 0.25) is 0 Å². The summed E-state index contributed by atoms with van der Waals surface area (Å²) in [7, 11) is 1.17. The molecule has 1 aromatic heterocycles. The van der Waals surface area contributed by atoms with Crippen molar-refractivity contribution in [1.82, 2.24) is 0 Å². The van der Waals surface area contributed by atoms with Gasteiger partial charge in [-0.05, 0) is 22.6 Å². The lowest BCUT2D eigenvalue weighted by Gasteiger charge is -2.13. The molecule has 0 aliphatic heterocycles. The van der Waals surface area contributed by atoms with Gasteiger partial charge in [0.05, 0.1) is 7.11 Å². The minimum absolute atomic E-state index is 0.525. The summed E-state index contributed by atoms with van der Waals surface area (Å²) in [6.07, 6.45) is -2.83. The van der Waals surface area contributed by atoms with Gasteiger partial charge in [0.25, 0.3) is 0 Å². The number of methoxy groups -OCH3 is 1. The highest BCUT2D eigenvalue weighted by atomic mass is 32.1. The van der Waals surface area contributed by atoms with Crippen LogP contribution in [0.4, 0.5) is 0 Å². The molecule has 0 bridgehead atoms. The smallest absolute Gasteiger partial charge is 0.337 e. The van der Waals surface area contributed by atoms with Crippen molar-refractivity contribution in [2.45, 2.75) is 12.2 Å². The van der Waals surface area contributed by atoms with Gasteiger partial charge in [0.1, 0.15) is 6.10 Å². The summed E-state index contributed by atoms with van der Waals surface area (Å²) in [6, 6.07) is 11.4. The van der Waals surface area contributed by atoms with Gasteiger partial charge in [-0.3, -0.25) is 0 Å². The van der Waals surface area contributed by atoms with Crippen LogP contribution in [0.1, 0.15) is 11.0 Å². The van der Waals surface area contributed by atoms with Gasteiger partial charge in [-0.2, -0.15) is 0 Å². The van der Waals surface area contributed by atoms with Crippen molar-refractivity contribution in [3.05, 3.63) is 46.7 Å². The fourth-order valence-corrected chi connectivity index (χ4v) is 2.63. The van der Waals surface area contributed by atoms with E-state index in [0.717, 1.165) is 11.1 Å². The molecule has 2 rings (SSSR count). The highest BCUT2D eigenvalue weighted by Gasteiger charge is 2.27. The number of hydrogen-bond donors (Lipinski definition) is 2. The molecule has 19 heavy (non-hydrogen) atoms. The number of carbonyl (C=O) groups is 1. The first-order chi connectivity index (χ1) is 9.13. The van der Waals surface area contributed by atoms with Gasteiger partial charge >= 0.3 is 5.97 Å². The molecule has 0 saturated carbocycles. The van der Waals surface area contributed by atoms with Gasteiger partial charge < -0.3 is 14.9 Å². The number of benzene rings is 1. The Kier molecular flexibility index (Phi) is 4.31. The third kappa shape index (κ3) is 3.01. The first-order valence-electron chi connectivity index (χ1n) is 5.71. The lowest BCUT2D eigenvalue weighted by molar-refractivity contribution is -0.156. The molecule has 0 spiro atoms. The predicted molar refractivity (Wildman–Crippen MR) is 72.7 cm³/mol. The Labute approximate surface area is 114 Å². The van der Waals surface area contributed by atoms with Crippen LogP contribution in [0.2, 0.25) is 0 Å². The molecule has 0 amide bonds. The van der Waals surface area contributed by atoms with Gasteiger partial charge in [-0.1, -0.05) is 30.3 Å². The highest BCUT2D eigenvalue weighted by molar-refractivity contribution is 7.10. The van der Waals surface area contributed by atoms with Crippen LogP contribution in [0.25, 0.3) is 11.1 Å². The SMILES string of the molecule is COC(=O)C(O)C(O)c1cc(-c2ccccc2)cs1. The molecule has 5 heteroatoms. The van der Waals surface area contributed by atoms with Crippen LogP contribution in [0.5, 0.6) is 0 Å². The standard InChI is InChI=1S/C14H14O4S/c1-18-14(17)13(16)12(15)11-7-10(8-19-11)9-5-3-2-4-6-9/h2-8,12-13,15-16H,1H3. The quantitative estimate of drug-likeness (QED) is 0.839. The molecule has 0 aliphatic rings. The number of aliphatic hydroxyl groups is 2. The Hall–Kier alpha value is -1.69. The van der Waals surface area contributed by atoms with Crippen LogP contribution in [0, 0.1) is 0 Å². The van der Waals surface area contributed by atoms with Crippen LogP contribution < -0.4 is 0 Å². The number of rotatable bonds is 4. The fraction of sp³-hybridized carbons (Fsp3) is 0.214. The summed E-state index contributed by atoms with van der Waals surface area (Å²) in [6.45, 7) is 0. The van der Waals surface area contributed by atoms with E-state index in [1.54, 1.807) is 6.07 Å². The molecule has 2 N–H and O–H groups in total. The number of thiophene rings is 1. The number of carbonyl (C=O) groups excluding carboxylic acids is 1. The zero-order valence-corrected chi connectivity index (χ0v) is 11.1. The third-order valence-corrected chi connectivity index (χ3v) is 3.76. The van der Waals surface area contributed by atoms with Crippen molar-refractivity contribution >= 4 is 17.3 Å². The van der Waals surface area contributed by atoms with E-state index in [1.165, 1.54) is 18.4 Å². The molecule has 1 aromatic carbocycles. The normalized spacial score (nSPS) is 13.8. The second-order valence-electron chi connectivity index (χ2n) is 4.02. The van der Waals surface area contributed by atoms with Crippen LogP contribution in [-0.4, -0.2) is 29.4 Å². The lowest BCUT2D eigenvalue weighted by Crippen LogP contribution is -2.28. The molecule has 2 aromatic rings. The third-order valence-electron chi connectivity index (χ3n) is 2.76. The molecular formula is C14H14O4S. The van der Waals surface area contributed by atoms with E-state index < -0.39 is 18.2 Å². The Morgan fingerprint density at radius 2 is 1.89 bits per heavy atom. The Bertz CT molecular complexity index is 550. The largest absolute Gasteiger partial charge is 0.467 e. The maximum atomic E-state index is 11.2. The molecule has 2 unspecified atom stereocenters. The Balaban J connectivity index is 2.20. The molecule has 100 valence electrons. The Morgan fingerprint density at radius 1 is 1.21 bits per heavy atom. The monoisotopic (exact) mass is 278 g/mol. The average Bonchev–Trinajstić information content (AvgIpc) is 2.95. The van der Waals surface area contributed by atoms with Crippen molar-refractivity contribution in [2.24, 2.45) is 0 Å². The summed E-state index contributed by atoms with van der Waals surface area (Å²) < 4.78 is 4.40. The van der Waals surface area contributed by atoms with Gasteiger partial charge in [-0.15, -0.1) is 11.3 Å². The van der Waals surface area contributed by atoms with Crippen LogP contribution in [-0.2, 0) is 9.53 Å². The zero-order valence-electron chi connectivity index (χ0n) is 10.3. The number of esters is 1. The summed E-state index contributed by atoms with van der Waals surface area (Å²) in [5, 5.41) is 21.4. The number of aliphatic hydroxyl groups excluding tert-OH is 2. The zero-order chi connectivity index (χ0) is 13.8. The van der Waals surface area contributed by atoms with Crippen LogP contribution in [0.15, 0.2) is 41.8 Å². The van der Waals surface area contributed by atoms with E-state index in [1.807, 2.05) is 35.7 Å². The van der Waals surface area contributed by atoms with Crippen LogP contribution >= 0.6 is 11.3 Å². The van der Waals surface area contributed by atoms with E-state index in [0.29, 0.717) is 4.88 Å². The molecule has 4 nitrogen and oxygen atoms in total. The summed E-state index contributed by atoms with van der Waals surface area (Å²) in [4.78, 5) is 11.7. The number of ether oxygens (including phenoxy) is 1. The molecule has 2 atom stereocenters. The van der Waals surface area contributed by atoms with Crippen LogP contribution in [0.3, 0.4) is 0 Å². The molecule has 1 heterocycles. The second-order valence-corrected chi connectivity index (χ2v) is 4.96. The van der Waals surface area contributed by atoms with Crippen molar-refractivity contribution in [3.8, 4) is 11.1 Å². The van der Waals surface area contributed by atoms with Gasteiger partial charge in [0.15, 0.2) is 6.10 Å². The topological polar surface area (TPSA) is 66.8 Å². The highest BCUT2D eigenvalue weighted by Crippen LogP contribution is 2.30. The van der Waals surface area contributed by atoms with E-state index in [-0.39, 0.29) is 0 Å². The first-order valence-corrected chi connectivity index (χ1v) is 6.59. The van der Waals surface area contributed by atoms with E-state index in [4.69, 9.17) is 0 Å². The Morgan fingerprint density at radius 3 is 2.53 bits per heavy atom. The molecule has 0 saturated heterocycles. The van der Waals surface area contributed by atoms with Crippen molar-refractivity contribution in [1.29, 1.82) is 0 Å². The molecule has 0 aliphatic carbocycles. The maximum absolute atomic E-state index is 11.2.